The fourth-order valence-electron chi connectivity index (χ4n) is 2.25. The van der Waals surface area contributed by atoms with Gasteiger partial charge in [0.25, 0.3) is 5.91 Å². The molecule has 1 amide bonds. The van der Waals surface area contributed by atoms with Gasteiger partial charge in [0.15, 0.2) is 0 Å². The highest BCUT2D eigenvalue weighted by molar-refractivity contribution is 5.98. The van der Waals surface area contributed by atoms with Gasteiger partial charge in [-0.15, -0.1) is 0 Å². The molecule has 1 aliphatic heterocycles. The quantitative estimate of drug-likeness (QED) is 0.695. The summed E-state index contributed by atoms with van der Waals surface area (Å²) in [5.41, 5.74) is 8.52. The van der Waals surface area contributed by atoms with E-state index in [1.807, 2.05) is 12.1 Å². The van der Waals surface area contributed by atoms with E-state index in [0.29, 0.717) is 23.1 Å². The van der Waals surface area contributed by atoms with Gasteiger partial charge in [0.05, 0.1) is 11.7 Å². The molecule has 1 unspecified atom stereocenters. The average Bonchev–Trinajstić information content (AvgIpc) is 3.09. The van der Waals surface area contributed by atoms with Crippen LogP contribution in [0.15, 0.2) is 18.2 Å². The molecule has 0 saturated heterocycles. The van der Waals surface area contributed by atoms with Crippen molar-refractivity contribution in [3.63, 3.8) is 0 Å². The Morgan fingerprint density at radius 3 is 2.81 bits per heavy atom. The van der Waals surface area contributed by atoms with Crippen molar-refractivity contribution in [2.45, 2.75) is 31.2 Å². The zero-order chi connectivity index (χ0) is 11.3. The predicted octanol–water partition coefficient (Wildman–Crippen LogP) is 1.17. The third-order valence-corrected chi connectivity index (χ3v) is 3.35. The molecule has 3 N–H and O–H groups in total. The summed E-state index contributed by atoms with van der Waals surface area (Å²) in [4.78, 5) is 11.5. The normalized spacial score (nSPS) is 24.5. The van der Waals surface area contributed by atoms with E-state index in [9.17, 15) is 10.0 Å². The molecule has 4 nitrogen and oxygen atoms in total. The number of anilines is 1. The van der Waals surface area contributed by atoms with Crippen molar-refractivity contribution in [1.82, 2.24) is 0 Å². The van der Waals surface area contributed by atoms with Crippen molar-refractivity contribution in [3.05, 3.63) is 29.3 Å². The Morgan fingerprint density at radius 1 is 1.38 bits per heavy atom. The molecule has 0 radical (unpaired) electrons. The first-order chi connectivity index (χ1) is 7.66. The van der Waals surface area contributed by atoms with Crippen molar-refractivity contribution in [1.29, 1.82) is 0 Å². The van der Waals surface area contributed by atoms with Gasteiger partial charge in [-0.2, -0.15) is 5.06 Å². The number of benzene rings is 1. The number of nitrogens with zero attached hydrogens (tertiary/aromatic N) is 1. The summed E-state index contributed by atoms with van der Waals surface area (Å²) in [6, 6.07) is 5.26. The first kappa shape index (κ1) is 9.81. The minimum Gasteiger partial charge on any atom is -0.320 e. The van der Waals surface area contributed by atoms with E-state index in [1.54, 1.807) is 0 Å². The van der Waals surface area contributed by atoms with Crippen molar-refractivity contribution in [2.75, 3.05) is 5.06 Å². The Bertz CT molecular complexity index is 454. The summed E-state index contributed by atoms with van der Waals surface area (Å²) in [6.07, 6.45) is 3.00. The van der Waals surface area contributed by atoms with Gasteiger partial charge in [0.1, 0.15) is 0 Å². The van der Waals surface area contributed by atoms with E-state index in [4.69, 9.17) is 5.73 Å². The number of nitrogens with two attached hydrogens (primary N) is 1. The van der Waals surface area contributed by atoms with Gasteiger partial charge in [-0.3, -0.25) is 10.0 Å². The Morgan fingerprint density at radius 2 is 2.12 bits per heavy atom. The van der Waals surface area contributed by atoms with Crippen LogP contribution in [0.4, 0.5) is 5.69 Å². The zero-order valence-electron chi connectivity index (χ0n) is 8.89. The highest BCUT2D eigenvalue weighted by Gasteiger charge is 2.31. The molecule has 3 rings (SSSR count). The molecule has 0 aromatic heterocycles. The fourth-order valence-corrected chi connectivity index (χ4v) is 2.25. The van der Waals surface area contributed by atoms with Crippen LogP contribution < -0.4 is 10.8 Å². The summed E-state index contributed by atoms with van der Waals surface area (Å²) < 4.78 is 0. The minimum absolute atomic E-state index is 0.424. The third-order valence-electron chi connectivity index (χ3n) is 3.35. The number of fused-ring (bicyclic) bond motifs is 1. The molecule has 1 aromatic carbocycles. The Kier molecular flexibility index (Phi) is 2.02. The van der Waals surface area contributed by atoms with E-state index in [-0.39, 0.29) is 0 Å². The maximum Gasteiger partial charge on any atom is 0.267 e. The van der Waals surface area contributed by atoms with E-state index < -0.39 is 11.9 Å². The largest absolute Gasteiger partial charge is 0.320 e. The molecule has 0 spiro atoms. The summed E-state index contributed by atoms with van der Waals surface area (Å²) in [7, 11) is 0. The van der Waals surface area contributed by atoms with E-state index >= 15 is 0 Å². The van der Waals surface area contributed by atoms with Gasteiger partial charge in [-0.25, -0.2) is 0 Å². The first-order valence-electron chi connectivity index (χ1n) is 5.58. The molecular weight excluding hydrogens is 204 g/mol. The molecule has 1 heterocycles. The smallest absolute Gasteiger partial charge is 0.267 e. The van der Waals surface area contributed by atoms with Crippen molar-refractivity contribution < 1.29 is 10.0 Å². The van der Waals surface area contributed by atoms with Crippen LogP contribution in [-0.2, 0) is 11.2 Å². The minimum atomic E-state index is -0.619. The highest BCUT2D eigenvalue weighted by Crippen LogP contribution is 2.41. The second-order valence-electron chi connectivity index (χ2n) is 4.62. The van der Waals surface area contributed by atoms with Crippen molar-refractivity contribution in [2.24, 2.45) is 5.73 Å². The number of hydrogen-bond acceptors (Lipinski definition) is 3. The maximum absolute atomic E-state index is 11.5. The SMILES string of the molecule is NC1Cc2cc(C3CC3)ccc2N(O)C1=O. The molecule has 1 saturated carbocycles. The number of hydrogen-bond donors (Lipinski definition) is 2. The van der Waals surface area contributed by atoms with Crippen LogP contribution in [0.25, 0.3) is 0 Å². The van der Waals surface area contributed by atoms with Crippen LogP contribution in [0.3, 0.4) is 0 Å². The number of hydroxylamine groups is 1. The van der Waals surface area contributed by atoms with Crippen molar-refractivity contribution in [3.8, 4) is 0 Å². The van der Waals surface area contributed by atoms with Crippen LogP contribution in [0.1, 0.15) is 29.9 Å². The summed E-state index contributed by atoms with van der Waals surface area (Å²) >= 11 is 0. The topological polar surface area (TPSA) is 66.6 Å². The number of carbonyl (C=O) groups is 1. The number of carbonyl (C=O) groups excluding carboxylic acids is 1. The Labute approximate surface area is 93.6 Å². The lowest BCUT2D eigenvalue weighted by molar-refractivity contribution is -0.125. The van der Waals surface area contributed by atoms with Crippen LogP contribution in [0.5, 0.6) is 0 Å². The average molecular weight is 218 g/mol. The van der Waals surface area contributed by atoms with Crippen LogP contribution in [0, 0.1) is 0 Å². The van der Waals surface area contributed by atoms with Crippen LogP contribution >= 0.6 is 0 Å². The van der Waals surface area contributed by atoms with Gasteiger partial charge in [-0.1, -0.05) is 12.1 Å². The fraction of sp³-hybridized carbons (Fsp3) is 0.417. The molecule has 1 aromatic rings. The van der Waals surface area contributed by atoms with Gasteiger partial charge in [0, 0.05) is 0 Å². The molecule has 2 aliphatic rings. The molecular formula is C12H14N2O2. The summed E-state index contributed by atoms with van der Waals surface area (Å²) in [5.74, 6) is 0.248. The number of amides is 1. The molecule has 0 bridgehead atoms. The molecule has 16 heavy (non-hydrogen) atoms. The summed E-state index contributed by atoms with van der Waals surface area (Å²) in [5, 5.41) is 10.3. The molecule has 84 valence electrons. The van der Waals surface area contributed by atoms with E-state index in [1.165, 1.54) is 18.4 Å². The number of rotatable bonds is 1. The molecule has 1 atom stereocenters. The molecule has 4 heteroatoms. The van der Waals surface area contributed by atoms with Gasteiger partial charge in [-0.05, 0) is 42.4 Å². The lowest BCUT2D eigenvalue weighted by atomic mass is 9.96. The van der Waals surface area contributed by atoms with Crippen LogP contribution in [-0.4, -0.2) is 17.2 Å². The second-order valence-corrected chi connectivity index (χ2v) is 4.62. The van der Waals surface area contributed by atoms with E-state index in [0.717, 1.165) is 5.56 Å². The summed E-state index contributed by atoms with van der Waals surface area (Å²) in [6.45, 7) is 0. The van der Waals surface area contributed by atoms with Gasteiger partial charge >= 0.3 is 0 Å². The maximum atomic E-state index is 11.5. The van der Waals surface area contributed by atoms with E-state index in [2.05, 4.69) is 6.07 Å². The third kappa shape index (κ3) is 1.42. The van der Waals surface area contributed by atoms with Crippen molar-refractivity contribution >= 4 is 11.6 Å². The Hall–Kier alpha value is -1.39. The first-order valence-corrected chi connectivity index (χ1v) is 5.58. The monoisotopic (exact) mass is 218 g/mol. The molecule has 1 aliphatic carbocycles. The standard InChI is InChI=1S/C12H14N2O2/c13-10-6-9-5-8(7-1-2-7)3-4-11(9)14(16)12(10)15/h3-5,7,10,16H,1-2,6,13H2. The zero-order valence-corrected chi connectivity index (χ0v) is 8.89. The second kappa shape index (κ2) is 3.30. The molecule has 1 fully saturated rings. The van der Waals surface area contributed by atoms with Gasteiger partial charge in [0.2, 0.25) is 0 Å². The van der Waals surface area contributed by atoms with Gasteiger partial charge < -0.3 is 5.73 Å². The highest BCUT2D eigenvalue weighted by atomic mass is 16.5. The lowest BCUT2D eigenvalue weighted by Gasteiger charge is -2.27. The van der Waals surface area contributed by atoms with Crippen LogP contribution in [0.2, 0.25) is 0 Å². The Balaban J connectivity index is 2.02. The lowest BCUT2D eigenvalue weighted by Crippen LogP contribution is -2.47. The predicted molar refractivity (Wildman–Crippen MR) is 59.4 cm³/mol.